The van der Waals surface area contributed by atoms with E-state index in [1.807, 2.05) is 12.1 Å². The topological polar surface area (TPSA) is 95.7 Å². The van der Waals surface area contributed by atoms with E-state index < -0.39 is 0 Å². The maximum atomic E-state index is 5.66. The summed E-state index contributed by atoms with van der Waals surface area (Å²) in [4.78, 5) is 4.07. The summed E-state index contributed by atoms with van der Waals surface area (Å²) < 4.78 is 13.1. The van der Waals surface area contributed by atoms with Gasteiger partial charge in [0.25, 0.3) is 11.1 Å². The summed E-state index contributed by atoms with van der Waals surface area (Å²) in [6, 6.07) is 7.71. The second-order valence-electron chi connectivity index (χ2n) is 5.54. The molecule has 8 nitrogen and oxygen atoms in total. The smallest absolute Gasteiger partial charge is 0.284 e. The number of nitrogens with zero attached hydrogens (tertiary/aromatic N) is 6. The number of rotatable bonds is 5. The molecule has 1 aliphatic heterocycles. The van der Waals surface area contributed by atoms with E-state index in [0.717, 1.165) is 28.0 Å². The summed E-state index contributed by atoms with van der Waals surface area (Å²) in [6.07, 6.45) is 5.10. The molecule has 26 heavy (non-hydrogen) atoms. The summed E-state index contributed by atoms with van der Waals surface area (Å²) in [5.74, 6) is 3.55. The second-order valence-corrected chi connectivity index (χ2v) is 7.50. The number of fused-ring (bicyclic) bond motifs is 1. The molecule has 0 aliphatic carbocycles. The lowest BCUT2D eigenvalue weighted by Crippen LogP contribution is -2.11. The van der Waals surface area contributed by atoms with Gasteiger partial charge >= 0.3 is 0 Å². The predicted octanol–water partition coefficient (Wildman–Crippen LogP) is 3.42. The van der Waals surface area contributed by atoms with Crippen LogP contribution >= 0.6 is 23.5 Å². The van der Waals surface area contributed by atoms with Gasteiger partial charge in [0, 0.05) is 29.5 Å². The molecule has 5 heterocycles. The third kappa shape index (κ3) is 2.80. The maximum Gasteiger partial charge on any atom is 0.284 e. The average Bonchev–Trinajstić information content (AvgIpc) is 3.45. The third-order valence-corrected chi connectivity index (χ3v) is 5.96. The minimum atomic E-state index is 0.247. The van der Waals surface area contributed by atoms with Gasteiger partial charge < -0.3 is 8.83 Å². The van der Waals surface area contributed by atoms with E-state index in [0.29, 0.717) is 16.9 Å². The summed E-state index contributed by atoms with van der Waals surface area (Å²) in [5, 5.41) is 18.2. The van der Waals surface area contributed by atoms with Gasteiger partial charge in [-0.15, -0.1) is 20.4 Å². The molecule has 10 heteroatoms. The first kappa shape index (κ1) is 15.6. The highest BCUT2D eigenvalue weighted by Gasteiger charge is 2.29. The van der Waals surface area contributed by atoms with Crippen molar-refractivity contribution >= 4 is 23.5 Å². The van der Waals surface area contributed by atoms with Gasteiger partial charge in [0.1, 0.15) is 0 Å². The van der Waals surface area contributed by atoms with Gasteiger partial charge in [-0.1, -0.05) is 23.5 Å². The number of thioether (sulfide) groups is 2. The Balaban J connectivity index is 1.34. The summed E-state index contributed by atoms with van der Waals surface area (Å²) in [7, 11) is 0. The summed E-state index contributed by atoms with van der Waals surface area (Å²) in [5.41, 5.74) is 1.01. The van der Waals surface area contributed by atoms with Gasteiger partial charge in [-0.05, 0) is 24.3 Å². The van der Waals surface area contributed by atoms with Crippen LogP contribution in [0.15, 0.2) is 62.1 Å². The Morgan fingerprint density at radius 3 is 2.92 bits per heavy atom. The standard InChI is InChI=1S/C16H12N6O2S2/c1-2-12(23-7-1)14-19-21-16(24-14)26-9-11-8-25-15-20-18-13(22(11)15)10-3-5-17-6-4-10/h1-7,11H,8-9H2/t11-/m0/s1. The molecule has 0 spiro atoms. The zero-order valence-corrected chi connectivity index (χ0v) is 15.0. The van der Waals surface area contributed by atoms with Crippen LogP contribution in [0.1, 0.15) is 6.04 Å². The number of furan rings is 1. The number of pyridine rings is 1. The highest BCUT2D eigenvalue weighted by Crippen LogP contribution is 2.38. The van der Waals surface area contributed by atoms with Gasteiger partial charge in [0.2, 0.25) is 0 Å². The molecule has 0 N–H and O–H groups in total. The highest BCUT2D eigenvalue weighted by atomic mass is 32.2. The van der Waals surface area contributed by atoms with Crippen molar-refractivity contribution in [2.24, 2.45) is 0 Å². The Morgan fingerprint density at radius 1 is 1.15 bits per heavy atom. The molecule has 0 aromatic carbocycles. The zero-order valence-electron chi connectivity index (χ0n) is 13.3. The monoisotopic (exact) mass is 384 g/mol. The Hall–Kier alpha value is -2.59. The molecule has 0 amide bonds. The van der Waals surface area contributed by atoms with Crippen molar-refractivity contribution in [3.63, 3.8) is 0 Å². The molecule has 0 bridgehead atoms. The van der Waals surface area contributed by atoms with Crippen LogP contribution in [0.3, 0.4) is 0 Å². The average molecular weight is 384 g/mol. The molecular weight excluding hydrogens is 372 g/mol. The van der Waals surface area contributed by atoms with Crippen LogP contribution in [0.25, 0.3) is 23.0 Å². The predicted molar refractivity (Wildman–Crippen MR) is 95.7 cm³/mol. The summed E-state index contributed by atoms with van der Waals surface area (Å²) in [6.45, 7) is 0. The molecule has 1 aliphatic rings. The number of aromatic nitrogens is 6. The fourth-order valence-corrected chi connectivity index (χ4v) is 4.77. The van der Waals surface area contributed by atoms with Crippen molar-refractivity contribution in [2.75, 3.05) is 11.5 Å². The van der Waals surface area contributed by atoms with E-state index >= 15 is 0 Å². The lowest BCUT2D eigenvalue weighted by molar-refractivity contribution is 0.446. The quantitative estimate of drug-likeness (QED) is 0.479. The van der Waals surface area contributed by atoms with Crippen molar-refractivity contribution < 1.29 is 8.83 Å². The molecule has 5 rings (SSSR count). The first-order chi connectivity index (χ1) is 12.9. The van der Waals surface area contributed by atoms with Crippen molar-refractivity contribution in [2.45, 2.75) is 16.4 Å². The van der Waals surface area contributed by atoms with Gasteiger partial charge in [0.05, 0.1) is 12.3 Å². The van der Waals surface area contributed by atoms with Crippen molar-refractivity contribution in [3.05, 3.63) is 42.9 Å². The molecule has 4 aromatic heterocycles. The Labute approximate surface area is 156 Å². The molecule has 0 saturated heterocycles. The molecule has 0 fully saturated rings. The van der Waals surface area contributed by atoms with Crippen LogP contribution < -0.4 is 0 Å². The second kappa shape index (κ2) is 6.61. The summed E-state index contributed by atoms with van der Waals surface area (Å²) >= 11 is 3.23. The molecule has 1 atom stereocenters. The molecule has 0 unspecified atom stereocenters. The van der Waals surface area contributed by atoms with Crippen molar-refractivity contribution in [1.82, 2.24) is 29.9 Å². The number of hydrogen-bond donors (Lipinski definition) is 0. The van der Waals surface area contributed by atoms with Gasteiger partial charge in [-0.2, -0.15) is 0 Å². The van der Waals surface area contributed by atoms with Crippen molar-refractivity contribution in [3.8, 4) is 23.0 Å². The van der Waals surface area contributed by atoms with Crippen molar-refractivity contribution in [1.29, 1.82) is 0 Å². The molecule has 4 aromatic rings. The lowest BCUT2D eigenvalue weighted by Gasteiger charge is -2.12. The van der Waals surface area contributed by atoms with E-state index in [-0.39, 0.29) is 6.04 Å². The number of hydrogen-bond acceptors (Lipinski definition) is 9. The fraction of sp³-hybridized carbons (Fsp3) is 0.188. The van der Waals surface area contributed by atoms with E-state index in [9.17, 15) is 0 Å². The molecule has 0 radical (unpaired) electrons. The van der Waals surface area contributed by atoms with Gasteiger partial charge in [-0.25, -0.2) is 0 Å². The van der Waals surface area contributed by atoms with Gasteiger partial charge in [0.15, 0.2) is 16.7 Å². The van der Waals surface area contributed by atoms with Crippen LogP contribution in [0.2, 0.25) is 0 Å². The first-order valence-electron chi connectivity index (χ1n) is 7.87. The van der Waals surface area contributed by atoms with Gasteiger partial charge in [-0.3, -0.25) is 9.55 Å². The lowest BCUT2D eigenvalue weighted by atomic mass is 10.2. The van der Waals surface area contributed by atoms with E-state index in [2.05, 4.69) is 29.9 Å². The molecule has 0 saturated carbocycles. The van der Waals surface area contributed by atoms with E-state index in [1.165, 1.54) is 11.8 Å². The third-order valence-electron chi connectivity index (χ3n) is 3.91. The highest BCUT2D eigenvalue weighted by molar-refractivity contribution is 8.00. The van der Waals surface area contributed by atoms with Crippen LogP contribution in [0, 0.1) is 0 Å². The zero-order chi connectivity index (χ0) is 17.3. The minimum Gasteiger partial charge on any atom is -0.459 e. The molecular formula is C16H12N6O2S2. The van der Waals surface area contributed by atoms with E-state index in [4.69, 9.17) is 8.83 Å². The Kier molecular flexibility index (Phi) is 3.98. The van der Waals surface area contributed by atoms with Crippen LogP contribution in [-0.4, -0.2) is 41.5 Å². The normalized spacial score (nSPS) is 16.1. The Morgan fingerprint density at radius 2 is 2.08 bits per heavy atom. The van der Waals surface area contributed by atoms with Crippen LogP contribution in [0.5, 0.6) is 0 Å². The SMILES string of the molecule is c1coc(-c2nnc(SC[C@@H]3CSc4nnc(-c5ccncc5)n43)o2)c1. The minimum absolute atomic E-state index is 0.247. The first-order valence-corrected chi connectivity index (χ1v) is 9.84. The maximum absolute atomic E-state index is 5.66. The fourth-order valence-electron chi connectivity index (χ4n) is 2.71. The molecule has 130 valence electrons. The van der Waals surface area contributed by atoms with Crippen LogP contribution in [-0.2, 0) is 0 Å². The van der Waals surface area contributed by atoms with Crippen LogP contribution in [0.4, 0.5) is 0 Å². The Bertz CT molecular complexity index is 1010. The largest absolute Gasteiger partial charge is 0.459 e. The van der Waals surface area contributed by atoms with E-state index in [1.54, 1.807) is 42.6 Å².